The van der Waals surface area contributed by atoms with Crippen LogP contribution in [0.5, 0.6) is 5.75 Å². The van der Waals surface area contributed by atoms with Crippen LogP contribution in [-0.4, -0.2) is 39.8 Å². The monoisotopic (exact) mass is 646 g/mol. The average molecular weight is 647 g/mol. The second kappa shape index (κ2) is 14.5. The van der Waals surface area contributed by atoms with Gasteiger partial charge in [-0.15, -0.1) is 0 Å². The Morgan fingerprint density at radius 3 is 2.46 bits per heavy atom. The van der Waals surface area contributed by atoms with Gasteiger partial charge in [-0.25, -0.2) is 9.78 Å². The van der Waals surface area contributed by atoms with Crippen molar-refractivity contribution in [3.63, 3.8) is 0 Å². The van der Waals surface area contributed by atoms with Crippen LogP contribution in [0.3, 0.4) is 0 Å². The molecule has 5 aromatic rings. The Morgan fingerprint density at radius 1 is 0.938 bits per heavy atom. The van der Waals surface area contributed by atoms with Gasteiger partial charge < -0.3 is 24.7 Å². The van der Waals surface area contributed by atoms with Crippen molar-refractivity contribution in [2.45, 2.75) is 90.8 Å². The molecule has 1 heterocycles. The molecule has 8 nitrogen and oxygen atoms in total. The second-order valence-corrected chi connectivity index (χ2v) is 13.8. The summed E-state index contributed by atoms with van der Waals surface area (Å²) in [6.07, 6.45) is 6.90. The van der Waals surface area contributed by atoms with Crippen LogP contribution >= 0.6 is 0 Å². The summed E-state index contributed by atoms with van der Waals surface area (Å²) < 4.78 is 13.6. The lowest BCUT2D eigenvalue weighted by molar-refractivity contribution is -0.120. The Morgan fingerprint density at radius 2 is 1.71 bits per heavy atom. The summed E-state index contributed by atoms with van der Waals surface area (Å²) in [5.74, 6) is 1.55. The number of amides is 1. The Kier molecular flexibility index (Phi) is 9.99. The molecule has 1 saturated carbocycles. The molecule has 1 fully saturated rings. The molecular formula is C40H46N4O4. The van der Waals surface area contributed by atoms with E-state index in [1.54, 1.807) is 0 Å². The van der Waals surface area contributed by atoms with Crippen LogP contribution in [0.4, 0.5) is 10.5 Å². The van der Waals surface area contributed by atoms with Crippen molar-refractivity contribution in [3.8, 4) is 16.9 Å². The largest absolute Gasteiger partial charge is 0.514 e. The van der Waals surface area contributed by atoms with Gasteiger partial charge in [0.1, 0.15) is 17.2 Å². The smallest absolute Gasteiger partial charge is 0.428 e. The van der Waals surface area contributed by atoms with Crippen LogP contribution in [0, 0.1) is 0 Å². The topological polar surface area (TPSA) is 94.5 Å². The minimum absolute atomic E-state index is 0.0355. The number of imidazole rings is 1. The molecule has 4 aromatic carbocycles. The number of rotatable bonds is 10. The van der Waals surface area contributed by atoms with Gasteiger partial charge >= 0.3 is 6.16 Å². The molecule has 0 spiro atoms. The molecule has 48 heavy (non-hydrogen) atoms. The van der Waals surface area contributed by atoms with Crippen LogP contribution in [0.15, 0.2) is 78.9 Å². The van der Waals surface area contributed by atoms with Crippen molar-refractivity contribution >= 4 is 39.6 Å². The molecule has 8 heteroatoms. The number of carbonyl (C=O) groups excluding carboxylic acids is 2. The standard InChI is InChI=1S/C40H46N4O4/c1-5-11-36-43-34-23-21-31(41-25-37(45)42-30-13-7-6-8-14-30)24-35(34)44(36)26-27-16-18-29(19-17-27)33-22-20-28-12-9-10-15-32(28)38(33)47-39(46)48-40(2,3)4/h9-10,12,15-24,30,41H,5-8,11,13-14,25-26H2,1-4H3,(H,42,45). The molecule has 1 aromatic heterocycles. The van der Waals surface area contributed by atoms with E-state index in [1.807, 2.05) is 69.3 Å². The molecule has 2 N–H and O–H groups in total. The van der Waals surface area contributed by atoms with Gasteiger partial charge in [0.15, 0.2) is 0 Å². The molecule has 0 unspecified atom stereocenters. The SMILES string of the molecule is CCCc1nc2ccc(NCC(=O)NC3CCCCC3)cc2n1Cc1ccc(-c2ccc3ccccc3c2OC(=O)OC(C)(C)C)cc1. The number of anilines is 1. The highest BCUT2D eigenvalue weighted by Crippen LogP contribution is 2.38. The molecule has 0 saturated heterocycles. The van der Waals surface area contributed by atoms with E-state index in [4.69, 9.17) is 14.5 Å². The number of fused-ring (bicyclic) bond motifs is 2. The predicted molar refractivity (Wildman–Crippen MR) is 193 cm³/mol. The highest BCUT2D eigenvalue weighted by molar-refractivity contribution is 5.96. The second-order valence-electron chi connectivity index (χ2n) is 13.8. The lowest BCUT2D eigenvalue weighted by atomic mass is 9.95. The fraction of sp³-hybridized carbons (Fsp3) is 0.375. The van der Waals surface area contributed by atoms with Gasteiger partial charge in [0.2, 0.25) is 5.91 Å². The normalized spacial score (nSPS) is 13.8. The summed E-state index contributed by atoms with van der Waals surface area (Å²) >= 11 is 0. The van der Waals surface area contributed by atoms with Crippen molar-refractivity contribution in [2.75, 3.05) is 11.9 Å². The van der Waals surface area contributed by atoms with Crippen molar-refractivity contribution in [1.29, 1.82) is 0 Å². The van der Waals surface area contributed by atoms with E-state index in [2.05, 4.69) is 52.5 Å². The fourth-order valence-corrected chi connectivity index (χ4v) is 6.49. The number of nitrogens with zero attached hydrogens (tertiary/aromatic N) is 2. The Balaban J connectivity index is 1.23. The van der Waals surface area contributed by atoms with Crippen molar-refractivity contribution in [3.05, 3.63) is 90.3 Å². The maximum absolute atomic E-state index is 12.8. The number of hydrogen-bond donors (Lipinski definition) is 2. The third-order valence-electron chi connectivity index (χ3n) is 8.78. The number of hydrogen-bond acceptors (Lipinski definition) is 6. The van der Waals surface area contributed by atoms with E-state index >= 15 is 0 Å². The lowest BCUT2D eigenvalue weighted by Crippen LogP contribution is -2.39. The molecule has 0 atom stereocenters. The van der Waals surface area contributed by atoms with Gasteiger partial charge in [-0.2, -0.15) is 0 Å². The summed E-state index contributed by atoms with van der Waals surface area (Å²) in [6.45, 7) is 8.52. The van der Waals surface area contributed by atoms with E-state index in [0.29, 0.717) is 18.3 Å². The fourth-order valence-electron chi connectivity index (χ4n) is 6.49. The van der Waals surface area contributed by atoms with E-state index in [1.165, 1.54) is 19.3 Å². The third kappa shape index (κ3) is 7.98. The molecule has 1 aliphatic carbocycles. The summed E-state index contributed by atoms with van der Waals surface area (Å²) in [4.78, 5) is 30.4. The van der Waals surface area contributed by atoms with Crippen LogP contribution in [0.2, 0.25) is 0 Å². The first kappa shape index (κ1) is 33.1. The minimum atomic E-state index is -0.731. The van der Waals surface area contributed by atoms with Gasteiger partial charge in [-0.05, 0) is 80.8 Å². The zero-order valence-corrected chi connectivity index (χ0v) is 28.5. The number of benzene rings is 4. The van der Waals surface area contributed by atoms with Crippen LogP contribution in [-0.2, 0) is 22.5 Å². The molecule has 0 radical (unpaired) electrons. The molecule has 1 amide bonds. The molecular weight excluding hydrogens is 600 g/mol. The maximum Gasteiger partial charge on any atom is 0.514 e. The summed E-state index contributed by atoms with van der Waals surface area (Å²) in [6, 6.07) is 26.7. The van der Waals surface area contributed by atoms with Gasteiger partial charge in [0.25, 0.3) is 0 Å². The Labute approximate surface area is 282 Å². The van der Waals surface area contributed by atoms with E-state index in [0.717, 1.165) is 75.7 Å². The first-order valence-corrected chi connectivity index (χ1v) is 17.2. The predicted octanol–water partition coefficient (Wildman–Crippen LogP) is 9.03. The zero-order chi connectivity index (χ0) is 33.7. The van der Waals surface area contributed by atoms with Gasteiger partial charge in [0.05, 0.1) is 17.6 Å². The number of aryl methyl sites for hydroxylation is 1. The zero-order valence-electron chi connectivity index (χ0n) is 28.5. The van der Waals surface area contributed by atoms with E-state index in [9.17, 15) is 9.59 Å². The lowest BCUT2D eigenvalue weighted by Gasteiger charge is -2.22. The van der Waals surface area contributed by atoms with E-state index in [-0.39, 0.29) is 12.5 Å². The third-order valence-corrected chi connectivity index (χ3v) is 8.78. The van der Waals surface area contributed by atoms with E-state index < -0.39 is 11.8 Å². The molecule has 250 valence electrons. The highest BCUT2D eigenvalue weighted by atomic mass is 16.7. The van der Waals surface area contributed by atoms with Crippen molar-refractivity contribution < 1.29 is 19.1 Å². The summed E-state index contributed by atoms with van der Waals surface area (Å²) in [7, 11) is 0. The number of nitrogens with one attached hydrogen (secondary N) is 2. The number of carbonyl (C=O) groups is 2. The average Bonchev–Trinajstić information content (AvgIpc) is 3.40. The first-order chi connectivity index (χ1) is 23.2. The van der Waals surface area contributed by atoms with Crippen LogP contribution in [0.25, 0.3) is 32.9 Å². The highest BCUT2D eigenvalue weighted by Gasteiger charge is 2.22. The summed E-state index contributed by atoms with van der Waals surface area (Å²) in [5.41, 5.74) is 5.07. The number of ether oxygens (including phenoxy) is 2. The van der Waals surface area contributed by atoms with Gasteiger partial charge in [-0.3, -0.25) is 4.79 Å². The maximum atomic E-state index is 12.8. The van der Waals surface area contributed by atoms with Gasteiger partial charge in [-0.1, -0.05) is 80.8 Å². The van der Waals surface area contributed by atoms with Crippen LogP contribution in [0.1, 0.15) is 77.6 Å². The van der Waals surface area contributed by atoms with Crippen molar-refractivity contribution in [2.24, 2.45) is 0 Å². The Hall–Kier alpha value is -4.85. The van der Waals surface area contributed by atoms with Crippen molar-refractivity contribution in [1.82, 2.24) is 14.9 Å². The van der Waals surface area contributed by atoms with Gasteiger partial charge in [0, 0.05) is 35.6 Å². The molecule has 1 aliphatic rings. The Bertz CT molecular complexity index is 1900. The molecule has 0 aliphatic heterocycles. The number of aromatic nitrogens is 2. The van der Waals surface area contributed by atoms with Crippen LogP contribution < -0.4 is 15.4 Å². The quantitative estimate of drug-likeness (QED) is 0.116. The summed E-state index contributed by atoms with van der Waals surface area (Å²) in [5, 5.41) is 8.34. The molecule has 6 rings (SSSR count). The molecule has 0 bridgehead atoms. The first-order valence-electron chi connectivity index (χ1n) is 17.2. The minimum Gasteiger partial charge on any atom is -0.428 e.